The first-order chi connectivity index (χ1) is 12.8. The van der Waals surface area contributed by atoms with Crippen LogP contribution in [0.3, 0.4) is 0 Å². The molecule has 28 heavy (non-hydrogen) atoms. The van der Waals surface area contributed by atoms with Gasteiger partial charge in [0.2, 0.25) is 0 Å². The molecular formula is C28H42. The Balaban J connectivity index is 2.75. The lowest BCUT2D eigenvalue weighted by atomic mass is 9.75. The van der Waals surface area contributed by atoms with Gasteiger partial charge >= 0.3 is 0 Å². The van der Waals surface area contributed by atoms with Gasteiger partial charge < -0.3 is 0 Å². The van der Waals surface area contributed by atoms with Crippen molar-refractivity contribution in [2.45, 2.75) is 106 Å². The summed E-state index contributed by atoms with van der Waals surface area (Å²) >= 11 is 0. The highest BCUT2D eigenvalue weighted by Gasteiger charge is 2.25. The normalized spacial score (nSPS) is 12.7. The lowest BCUT2D eigenvalue weighted by molar-refractivity contribution is 0.579. The number of benzene rings is 2. The van der Waals surface area contributed by atoms with Crippen molar-refractivity contribution in [2.24, 2.45) is 0 Å². The lowest BCUT2D eigenvalue weighted by Crippen LogP contribution is -2.17. The molecule has 0 nitrogen and oxygen atoms in total. The van der Waals surface area contributed by atoms with Crippen LogP contribution in [0.1, 0.15) is 112 Å². The Bertz CT molecular complexity index is 768. The van der Waals surface area contributed by atoms with E-state index in [9.17, 15) is 0 Å². The summed E-state index contributed by atoms with van der Waals surface area (Å²) in [4.78, 5) is 0. The lowest BCUT2D eigenvalue weighted by Gasteiger charge is -2.30. The van der Waals surface area contributed by atoms with Gasteiger partial charge in [-0.05, 0) is 89.5 Å². The molecule has 0 radical (unpaired) electrons. The molecule has 154 valence electrons. The van der Waals surface area contributed by atoms with E-state index in [1.165, 1.54) is 57.3 Å². The Labute approximate surface area is 174 Å². The Kier molecular flexibility index (Phi) is 6.54. The van der Waals surface area contributed by atoms with Crippen LogP contribution in [0.15, 0.2) is 24.3 Å². The maximum Gasteiger partial charge on any atom is 0.00947 e. The molecular weight excluding hydrogens is 336 g/mol. The number of hydrogen-bond acceptors (Lipinski definition) is 0. The van der Waals surface area contributed by atoms with Crippen molar-refractivity contribution in [2.75, 3.05) is 0 Å². The van der Waals surface area contributed by atoms with E-state index < -0.39 is 0 Å². The molecule has 0 saturated carbocycles. The van der Waals surface area contributed by atoms with Crippen molar-refractivity contribution in [1.29, 1.82) is 0 Å². The summed E-state index contributed by atoms with van der Waals surface area (Å²) < 4.78 is 0. The van der Waals surface area contributed by atoms with Crippen molar-refractivity contribution < 1.29 is 0 Å². The molecule has 0 bridgehead atoms. The van der Waals surface area contributed by atoms with Crippen LogP contribution in [0.4, 0.5) is 0 Å². The van der Waals surface area contributed by atoms with Gasteiger partial charge in [0.25, 0.3) is 0 Å². The van der Waals surface area contributed by atoms with Crippen LogP contribution in [0.2, 0.25) is 0 Å². The summed E-state index contributed by atoms with van der Waals surface area (Å²) in [5, 5.41) is 0. The van der Waals surface area contributed by atoms with E-state index in [0.29, 0.717) is 5.92 Å². The zero-order valence-electron chi connectivity index (χ0n) is 20.3. The van der Waals surface area contributed by atoms with E-state index in [1.54, 1.807) is 0 Å². The highest BCUT2D eigenvalue weighted by molar-refractivity contribution is 5.49. The fourth-order valence-electron chi connectivity index (χ4n) is 4.87. The molecule has 0 atom stereocenters. The third-order valence-electron chi connectivity index (χ3n) is 6.17. The highest BCUT2D eigenvalue weighted by atomic mass is 14.3. The van der Waals surface area contributed by atoms with Crippen LogP contribution in [-0.4, -0.2) is 0 Å². The molecule has 0 heterocycles. The first-order valence-electron chi connectivity index (χ1n) is 11.0. The molecule has 2 aromatic carbocycles. The van der Waals surface area contributed by atoms with Gasteiger partial charge in [-0.15, -0.1) is 0 Å². The predicted octanol–water partition coefficient (Wildman–Crippen LogP) is 8.45. The van der Waals surface area contributed by atoms with Crippen LogP contribution in [0.5, 0.6) is 0 Å². The van der Waals surface area contributed by atoms with Crippen molar-refractivity contribution in [3.05, 3.63) is 68.8 Å². The fourth-order valence-corrected chi connectivity index (χ4v) is 4.87. The Morgan fingerprint density at radius 3 is 1.25 bits per heavy atom. The molecule has 0 aromatic heterocycles. The van der Waals surface area contributed by atoms with Gasteiger partial charge in [0, 0.05) is 5.92 Å². The minimum Gasteiger partial charge on any atom is -0.0653 e. The molecule has 0 N–H and O–H groups in total. The molecule has 0 saturated heterocycles. The maximum atomic E-state index is 2.51. The van der Waals surface area contributed by atoms with E-state index in [2.05, 4.69) is 100 Å². The van der Waals surface area contributed by atoms with Crippen LogP contribution < -0.4 is 0 Å². The van der Waals surface area contributed by atoms with Gasteiger partial charge in [-0.25, -0.2) is 0 Å². The standard InChI is InChI=1S/C28H42/c1-12-13-22(23-16-25(27(6,7)8)20(4)14-18(23)2)24-17-26(28(9,10)11)21(5)15-19(24)3/h14-17,22H,12-13H2,1-11H3. The van der Waals surface area contributed by atoms with Crippen molar-refractivity contribution in [3.8, 4) is 0 Å². The molecule has 0 unspecified atom stereocenters. The van der Waals surface area contributed by atoms with Crippen LogP contribution in [-0.2, 0) is 10.8 Å². The van der Waals surface area contributed by atoms with E-state index in [0.717, 1.165) is 0 Å². The second-order valence-electron chi connectivity index (χ2n) is 10.9. The number of rotatable bonds is 4. The summed E-state index contributed by atoms with van der Waals surface area (Å²) in [6, 6.07) is 9.85. The summed E-state index contributed by atoms with van der Waals surface area (Å²) in [7, 11) is 0. The highest BCUT2D eigenvalue weighted by Crippen LogP contribution is 2.39. The van der Waals surface area contributed by atoms with E-state index in [1.807, 2.05) is 0 Å². The maximum absolute atomic E-state index is 2.51. The summed E-state index contributed by atoms with van der Waals surface area (Å²) in [5.41, 5.74) is 12.0. The van der Waals surface area contributed by atoms with Crippen molar-refractivity contribution in [3.63, 3.8) is 0 Å². The van der Waals surface area contributed by atoms with Gasteiger partial charge in [0.1, 0.15) is 0 Å². The molecule has 0 amide bonds. The summed E-state index contributed by atoms with van der Waals surface area (Å²) in [5.74, 6) is 0.466. The number of aryl methyl sites for hydroxylation is 4. The van der Waals surface area contributed by atoms with E-state index >= 15 is 0 Å². The zero-order chi connectivity index (χ0) is 21.4. The summed E-state index contributed by atoms with van der Waals surface area (Å²) in [6.45, 7) is 25.4. The second-order valence-corrected chi connectivity index (χ2v) is 10.9. The first kappa shape index (κ1) is 22.7. The van der Waals surface area contributed by atoms with E-state index in [4.69, 9.17) is 0 Å². The molecule has 0 aliphatic heterocycles. The van der Waals surface area contributed by atoms with Crippen LogP contribution >= 0.6 is 0 Å². The van der Waals surface area contributed by atoms with Crippen LogP contribution in [0, 0.1) is 27.7 Å². The number of hydrogen-bond donors (Lipinski definition) is 0. The Morgan fingerprint density at radius 2 is 0.964 bits per heavy atom. The predicted molar refractivity (Wildman–Crippen MR) is 126 cm³/mol. The topological polar surface area (TPSA) is 0 Å². The van der Waals surface area contributed by atoms with Crippen LogP contribution in [0.25, 0.3) is 0 Å². The molecule has 0 fully saturated rings. The molecule has 0 aliphatic carbocycles. The first-order valence-corrected chi connectivity index (χ1v) is 11.0. The van der Waals surface area contributed by atoms with Gasteiger partial charge in [0.15, 0.2) is 0 Å². The molecule has 0 aliphatic rings. The third-order valence-corrected chi connectivity index (χ3v) is 6.17. The minimum atomic E-state index is 0.169. The fraction of sp³-hybridized carbons (Fsp3) is 0.571. The van der Waals surface area contributed by atoms with Crippen molar-refractivity contribution >= 4 is 0 Å². The minimum absolute atomic E-state index is 0.169. The quantitative estimate of drug-likeness (QED) is 0.500. The van der Waals surface area contributed by atoms with Crippen molar-refractivity contribution in [1.82, 2.24) is 0 Å². The molecule has 0 spiro atoms. The van der Waals surface area contributed by atoms with Gasteiger partial charge in [0.05, 0.1) is 0 Å². The molecule has 0 heteroatoms. The average molecular weight is 379 g/mol. The molecule has 2 rings (SSSR count). The Hall–Kier alpha value is -1.56. The third kappa shape index (κ3) is 4.70. The zero-order valence-corrected chi connectivity index (χ0v) is 20.3. The average Bonchev–Trinajstić information content (AvgIpc) is 2.51. The monoisotopic (exact) mass is 378 g/mol. The summed E-state index contributed by atoms with van der Waals surface area (Å²) in [6.07, 6.45) is 2.39. The Morgan fingerprint density at radius 1 is 0.607 bits per heavy atom. The smallest absolute Gasteiger partial charge is 0.00947 e. The molecule has 2 aromatic rings. The van der Waals surface area contributed by atoms with Gasteiger partial charge in [-0.2, -0.15) is 0 Å². The largest absolute Gasteiger partial charge is 0.0653 e. The van der Waals surface area contributed by atoms with Gasteiger partial charge in [-0.1, -0.05) is 79.2 Å². The van der Waals surface area contributed by atoms with Gasteiger partial charge in [-0.3, -0.25) is 0 Å². The van der Waals surface area contributed by atoms with E-state index in [-0.39, 0.29) is 10.8 Å². The second kappa shape index (κ2) is 8.05. The SMILES string of the molecule is CCCC(c1cc(C(C)(C)C)c(C)cc1C)c1cc(C(C)(C)C)c(C)cc1C.